The lowest BCUT2D eigenvalue weighted by atomic mass is 9.96. The SMILES string of the molecule is CC(NC(=O)/C=C/c1ccccc1)C(=O)N1CCC(NC(=O)NC2CCCCC2)CC1. The normalized spacial score (nSPS) is 19.1. The number of nitrogens with zero attached hydrogens (tertiary/aromatic N) is 1. The van der Waals surface area contributed by atoms with Crippen molar-refractivity contribution in [3.63, 3.8) is 0 Å². The van der Waals surface area contributed by atoms with Crippen LogP contribution in [0.25, 0.3) is 6.08 Å². The number of piperidine rings is 1. The number of rotatable bonds is 6. The van der Waals surface area contributed by atoms with Gasteiger partial charge in [0.25, 0.3) is 0 Å². The Morgan fingerprint density at radius 1 is 0.935 bits per heavy atom. The first-order valence-corrected chi connectivity index (χ1v) is 11.4. The van der Waals surface area contributed by atoms with Crippen molar-refractivity contribution in [1.82, 2.24) is 20.9 Å². The lowest BCUT2D eigenvalue weighted by molar-refractivity contribution is -0.136. The third kappa shape index (κ3) is 7.42. The van der Waals surface area contributed by atoms with Crippen LogP contribution >= 0.6 is 0 Å². The van der Waals surface area contributed by atoms with Gasteiger partial charge in [-0.1, -0.05) is 49.6 Å². The molecule has 1 heterocycles. The number of likely N-dealkylation sites (tertiary alicyclic amines) is 1. The van der Waals surface area contributed by atoms with Gasteiger partial charge in [0.15, 0.2) is 0 Å². The third-order valence-electron chi connectivity index (χ3n) is 6.04. The Hall–Kier alpha value is -2.83. The Kier molecular flexibility index (Phi) is 8.50. The van der Waals surface area contributed by atoms with Crippen molar-refractivity contribution in [2.75, 3.05) is 13.1 Å². The van der Waals surface area contributed by atoms with Crippen LogP contribution in [0.3, 0.4) is 0 Å². The standard InChI is InChI=1S/C24H34N4O3/c1-18(25-22(29)13-12-19-8-4-2-5-9-19)23(30)28-16-14-21(15-17-28)27-24(31)26-20-10-6-3-7-11-20/h2,4-5,8-9,12-13,18,20-21H,3,6-7,10-11,14-17H2,1H3,(H,25,29)(H2,26,27,31)/b13-12+. The number of carbonyl (C=O) groups excluding carboxylic acids is 3. The number of hydrogen-bond acceptors (Lipinski definition) is 3. The Morgan fingerprint density at radius 3 is 2.19 bits per heavy atom. The Bertz CT molecular complexity index is 766. The summed E-state index contributed by atoms with van der Waals surface area (Å²) >= 11 is 0. The predicted molar refractivity (Wildman–Crippen MR) is 121 cm³/mol. The summed E-state index contributed by atoms with van der Waals surface area (Å²) in [4.78, 5) is 38.8. The Morgan fingerprint density at radius 2 is 1.55 bits per heavy atom. The van der Waals surface area contributed by atoms with Gasteiger partial charge in [0.2, 0.25) is 11.8 Å². The number of benzene rings is 1. The molecule has 3 rings (SSSR count). The summed E-state index contributed by atoms with van der Waals surface area (Å²) in [6, 6.07) is 9.22. The van der Waals surface area contributed by atoms with Gasteiger partial charge in [-0.15, -0.1) is 0 Å². The van der Waals surface area contributed by atoms with Crippen molar-refractivity contribution in [2.45, 2.75) is 70.0 Å². The van der Waals surface area contributed by atoms with Crippen LogP contribution in [0.15, 0.2) is 36.4 Å². The van der Waals surface area contributed by atoms with Crippen LogP contribution < -0.4 is 16.0 Å². The van der Waals surface area contributed by atoms with Crippen molar-refractivity contribution in [1.29, 1.82) is 0 Å². The average molecular weight is 427 g/mol. The highest BCUT2D eigenvalue weighted by Crippen LogP contribution is 2.17. The maximum absolute atomic E-state index is 12.7. The van der Waals surface area contributed by atoms with Crippen molar-refractivity contribution < 1.29 is 14.4 Å². The number of carbonyl (C=O) groups is 3. The molecule has 31 heavy (non-hydrogen) atoms. The van der Waals surface area contributed by atoms with Crippen molar-refractivity contribution in [2.24, 2.45) is 0 Å². The van der Waals surface area contributed by atoms with E-state index in [9.17, 15) is 14.4 Å². The van der Waals surface area contributed by atoms with Gasteiger partial charge >= 0.3 is 6.03 Å². The third-order valence-corrected chi connectivity index (χ3v) is 6.04. The molecule has 1 atom stereocenters. The molecule has 0 aromatic heterocycles. The minimum atomic E-state index is -0.591. The van der Waals surface area contributed by atoms with E-state index in [4.69, 9.17) is 0 Å². The quantitative estimate of drug-likeness (QED) is 0.611. The number of hydrogen-bond donors (Lipinski definition) is 3. The summed E-state index contributed by atoms with van der Waals surface area (Å²) in [7, 11) is 0. The molecule has 4 amide bonds. The van der Waals surface area contributed by atoms with Gasteiger partial charge in [0.1, 0.15) is 6.04 Å². The first kappa shape index (κ1) is 22.8. The molecule has 1 unspecified atom stereocenters. The van der Waals surface area contributed by atoms with Gasteiger partial charge in [0, 0.05) is 31.2 Å². The molecule has 1 saturated heterocycles. The molecule has 1 aliphatic carbocycles. The van der Waals surface area contributed by atoms with Crippen molar-refractivity contribution >= 4 is 23.9 Å². The largest absolute Gasteiger partial charge is 0.341 e. The van der Waals surface area contributed by atoms with E-state index in [0.717, 1.165) is 31.2 Å². The molecular formula is C24H34N4O3. The van der Waals surface area contributed by atoms with Crippen LogP contribution in [0, 0.1) is 0 Å². The smallest absolute Gasteiger partial charge is 0.315 e. The van der Waals surface area contributed by atoms with Crippen molar-refractivity contribution in [3.8, 4) is 0 Å². The zero-order valence-electron chi connectivity index (χ0n) is 18.3. The van der Waals surface area contributed by atoms with Gasteiger partial charge in [-0.2, -0.15) is 0 Å². The van der Waals surface area contributed by atoms with E-state index in [1.54, 1.807) is 17.9 Å². The lowest BCUT2D eigenvalue weighted by Crippen LogP contribution is -2.53. The first-order valence-electron chi connectivity index (χ1n) is 11.4. The highest BCUT2D eigenvalue weighted by molar-refractivity contribution is 5.95. The molecule has 3 N–H and O–H groups in total. The van der Waals surface area contributed by atoms with E-state index in [1.165, 1.54) is 25.3 Å². The van der Waals surface area contributed by atoms with E-state index in [2.05, 4.69) is 16.0 Å². The van der Waals surface area contributed by atoms with E-state index in [-0.39, 0.29) is 29.9 Å². The monoisotopic (exact) mass is 426 g/mol. The fourth-order valence-electron chi connectivity index (χ4n) is 4.24. The minimum absolute atomic E-state index is 0.0753. The molecule has 0 radical (unpaired) electrons. The second kappa shape index (κ2) is 11.5. The predicted octanol–water partition coefficient (Wildman–Crippen LogP) is 2.83. The minimum Gasteiger partial charge on any atom is -0.341 e. The molecule has 168 valence electrons. The number of urea groups is 1. The van der Waals surface area contributed by atoms with E-state index >= 15 is 0 Å². The first-order chi connectivity index (χ1) is 15.0. The average Bonchev–Trinajstić information content (AvgIpc) is 2.79. The van der Waals surface area contributed by atoms with Crippen LogP contribution in [0.2, 0.25) is 0 Å². The van der Waals surface area contributed by atoms with Crippen LogP contribution in [0.4, 0.5) is 4.79 Å². The molecule has 2 aliphatic rings. The van der Waals surface area contributed by atoms with Gasteiger partial charge < -0.3 is 20.9 Å². The summed E-state index contributed by atoms with van der Waals surface area (Å²) in [6.07, 6.45) is 10.4. The molecule has 1 aliphatic heterocycles. The summed E-state index contributed by atoms with van der Waals surface area (Å²) in [5.74, 6) is -0.382. The second-order valence-corrected chi connectivity index (χ2v) is 8.53. The van der Waals surface area contributed by atoms with Crippen LogP contribution in [0.1, 0.15) is 57.4 Å². The summed E-state index contributed by atoms with van der Waals surface area (Å²) < 4.78 is 0. The van der Waals surface area contributed by atoms with E-state index in [1.807, 2.05) is 30.3 Å². The topological polar surface area (TPSA) is 90.5 Å². The van der Waals surface area contributed by atoms with Crippen molar-refractivity contribution in [3.05, 3.63) is 42.0 Å². The fourth-order valence-corrected chi connectivity index (χ4v) is 4.24. The molecular weight excluding hydrogens is 392 g/mol. The molecule has 1 saturated carbocycles. The maximum atomic E-state index is 12.7. The maximum Gasteiger partial charge on any atom is 0.315 e. The van der Waals surface area contributed by atoms with Gasteiger partial charge in [-0.05, 0) is 44.2 Å². The lowest BCUT2D eigenvalue weighted by Gasteiger charge is -2.34. The van der Waals surface area contributed by atoms with E-state index < -0.39 is 6.04 Å². The van der Waals surface area contributed by atoms with Crippen LogP contribution in [-0.4, -0.2) is 54.0 Å². The molecule has 7 heteroatoms. The number of amides is 4. The summed E-state index contributed by atoms with van der Waals surface area (Å²) in [5.41, 5.74) is 0.929. The fraction of sp³-hybridized carbons (Fsp3) is 0.542. The zero-order valence-corrected chi connectivity index (χ0v) is 18.3. The highest BCUT2D eigenvalue weighted by atomic mass is 16.2. The molecule has 7 nitrogen and oxygen atoms in total. The van der Waals surface area contributed by atoms with Gasteiger partial charge in [-0.25, -0.2) is 4.79 Å². The molecule has 0 bridgehead atoms. The molecule has 0 spiro atoms. The number of nitrogens with one attached hydrogen (secondary N) is 3. The molecule has 2 fully saturated rings. The summed E-state index contributed by atoms with van der Waals surface area (Å²) in [5, 5.41) is 8.87. The Balaban J connectivity index is 1.37. The van der Waals surface area contributed by atoms with E-state index in [0.29, 0.717) is 13.1 Å². The molecule has 1 aromatic rings. The Labute approximate surface area is 184 Å². The summed E-state index contributed by atoms with van der Waals surface area (Å²) in [6.45, 7) is 2.86. The van der Waals surface area contributed by atoms with Crippen LogP contribution in [-0.2, 0) is 9.59 Å². The zero-order chi connectivity index (χ0) is 22.1. The molecule has 1 aromatic carbocycles. The second-order valence-electron chi connectivity index (χ2n) is 8.53. The highest BCUT2D eigenvalue weighted by Gasteiger charge is 2.27. The van der Waals surface area contributed by atoms with Gasteiger partial charge in [0.05, 0.1) is 0 Å². The van der Waals surface area contributed by atoms with Gasteiger partial charge in [-0.3, -0.25) is 9.59 Å². The van der Waals surface area contributed by atoms with Crippen LogP contribution in [0.5, 0.6) is 0 Å².